The molecular formula is C11H8O4. The van der Waals surface area contributed by atoms with E-state index in [1.54, 1.807) is 18.2 Å². The monoisotopic (exact) mass is 204 g/mol. The highest BCUT2D eigenvalue weighted by Gasteiger charge is 2.46. The number of Topliss-reactive ketones (excluding diaryl/α,β-unsaturated/α-hetero) is 1. The smallest absolute Gasteiger partial charge is 0.239 e. The van der Waals surface area contributed by atoms with Crippen molar-refractivity contribution >= 4 is 18.1 Å². The van der Waals surface area contributed by atoms with Crippen LogP contribution in [0, 0.1) is 0 Å². The molecule has 0 fully saturated rings. The van der Waals surface area contributed by atoms with Crippen LogP contribution in [0.15, 0.2) is 30.0 Å². The van der Waals surface area contributed by atoms with Crippen LogP contribution in [0.5, 0.6) is 0 Å². The molecule has 1 aromatic carbocycles. The van der Waals surface area contributed by atoms with E-state index in [1.807, 2.05) is 0 Å². The van der Waals surface area contributed by atoms with Gasteiger partial charge in [-0.1, -0.05) is 24.3 Å². The van der Waals surface area contributed by atoms with Gasteiger partial charge in [0.2, 0.25) is 11.4 Å². The van der Waals surface area contributed by atoms with Gasteiger partial charge in [-0.25, -0.2) is 0 Å². The van der Waals surface area contributed by atoms with Crippen molar-refractivity contribution in [2.45, 2.75) is 5.60 Å². The van der Waals surface area contributed by atoms with Crippen LogP contribution in [0.2, 0.25) is 0 Å². The van der Waals surface area contributed by atoms with Crippen LogP contribution in [-0.4, -0.2) is 22.3 Å². The highest BCUT2D eigenvalue weighted by molar-refractivity contribution is 6.30. The van der Waals surface area contributed by atoms with Gasteiger partial charge in [0.25, 0.3) is 0 Å². The van der Waals surface area contributed by atoms with Crippen LogP contribution < -0.4 is 0 Å². The Bertz CT molecular complexity index is 475. The predicted octanol–water partition coefficient (Wildman–Crippen LogP) is 0.555. The standard InChI is InChI=1S/C11H8O4/c12-6-10(14)11(15)8-4-2-1-3-7(8)5-9(11)13/h1-6,13,15H. The summed E-state index contributed by atoms with van der Waals surface area (Å²) in [6.07, 6.45) is 1.28. The number of aliphatic hydroxyl groups excluding tert-OH is 1. The molecule has 0 spiro atoms. The maximum Gasteiger partial charge on any atom is 0.239 e. The molecule has 0 amide bonds. The molecule has 76 valence electrons. The number of ketones is 1. The molecule has 0 bridgehead atoms. The fraction of sp³-hybridized carbons (Fsp3) is 0.0909. The lowest BCUT2D eigenvalue weighted by Gasteiger charge is -2.20. The summed E-state index contributed by atoms with van der Waals surface area (Å²) in [5, 5.41) is 19.5. The van der Waals surface area contributed by atoms with Crippen LogP contribution in [0.4, 0.5) is 0 Å². The largest absolute Gasteiger partial charge is 0.508 e. The Hall–Kier alpha value is -1.94. The van der Waals surface area contributed by atoms with Crippen molar-refractivity contribution < 1.29 is 19.8 Å². The zero-order valence-electron chi connectivity index (χ0n) is 7.68. The van der Waals surface area contributed by atoms with E-state index in [9.17, 15) is 19.8 Å². The predicted molar refractivity (Wildman–Crippen MR) is 52.0 cm³/mol. The summed E-state index contributed by atoms with van der Waals surface area (Å²) >= 11 is 0. The quantitative estimate of drug-likeness (QED) is 0.545. The number of carbonyl (C=O) groups excluding carboxylic acids is 2. The topological polar surface area (TPSA) is 74.6 Å². The molecule has 1 unspecified atom stereocenters. The number of benzene rings is 1. The second-order valence-corrected chi connectivity index (χ2v) is 3.31. The van der Waals surface area contributed by atoms with Gasteiger partial charge in [-0.2, -0.15) is 0 Å². The summed E-state index contributed by atoms with van der Waals surface area (Å²) in [5.41, 5.74) is -1.43. The molecule has 1 aliphatic rings. The minimum atomic E-state index is -2.20. The van der Waals surface area contributed by atoms with Gasteiger partial charge >= 0.3 is 0 Å². The molecule has 15 heavy (non-hydrogen) atoms. The summed E-state index contributed by atoms with van der Waals surface area (Å²) in [7, 11) is 0. The van der Waals surface area contributed by atoms with Crippen molar-refractivity contribution in [3.05, 3.63) is 41.2 Å². The maximum atomic E-state index is 11.3. The lowest BCUT2D eigenvalue weighted by atomic mass is 9.91. The molecule has 2 N–H and O–H groups in total. The van der Waals surface area contributed by atoms with Gasteiger partial charge in [-0.15, -0.1) is 0 Å². The minimum Gasteiger partial charge on any atom is -0.508 e. The Morgan fingerprint density at radius 2 is 2.00 bits per heavy atom. The SMILES string of the molecule is O=CC(=O)C1(O)C(O)=Cc2ccccc21. The zero-order chi connectivity index (χ0) is 11.1. The van der Waals surface area contributed by atoms with Gasteiger partial charge in [0.15, 0.2) is 6.29 Å². The van der Waals surface area contributed by atoms with E-state index in [4.69, 9.17) is 0 Å². The second-order valence-electron chi connectivity index (χ2n) is 3.31. The number of rotatable bonds is 2. The second kappa shape index (κ2) is 3.03. The molecule has 0 heterocycles. The Balaban J connectivity index is 2.66. The third-order valence-corrected chi connectivity index (χ3v) is 2.48. The molecule has 0 saturated carbocycles. The average molecular weight is 204 g/mol. The van der Waals surface area contributed by atoms with Crippen molar-refractivity contribution in [2.24, 2.45) is 0 Å². The van der Waals surface area contributed by atoms with E-state index in [2.05, 4.69) is 0 Å². The highest BCUT2D eigenvalue weighted by atomic mass is 16.3. The van der Waals surface area contributed by atoms with Crippen LogP contribution in [0.25, 0.3) is 6.08 Å². The number of hydrogen-bond donors (Lipinski definition) is 2. The Kier molecular flexibility index (Phi) is 1.94. The molecular weight excluding hydrogens is 196 g/mol. The van der Waals surface area contributed by atoms with E-state index in [0.717, 1.165) is 0 Å². The first-order valence-corrected chi connectivity index (χ1v) is 4.33. The molecule has 1 aliphatic carbocycles. The summed E-state index contributed by atoms with van der Waals surface area (Å²) in [5.74, 6) is -1.58. The highest BCUT2D eigenvalue weighted by Crippen LogP contribution is 2.38. The molecule has 0 radical (unpaired) electrons. The summed E-state index contributed by atoms with van der Waals surface area (Å²) < 4.78 is 0. The first kappa shape index (κ1) is 9.61. The number of aliphatic hydroxyl groups is 2. The third kappa shape index (κ3) is 1.12. The summed E-state index contributed by atoms with van der Waals surface area (Å²) in [6, 6.07) is 6.46. The molecule has 0 aromatic heterocycles. The number of aldehydes is 1. The van der Waals surface area contributed by atoms with E-state index in [0.29, 0.717) is 5.56 Å². The molecule has 0 aliphatic heterocycles. The van der Waals surface area contributed by atoms with Crippen molar-refractivity contribution in [2.75, 3.05) is 0 Å². The lowest BCUT2D eigenvalue weighted by Crippen LogP contribution is -2.36. The molecule has 0 saturated heterocycles. The first-order chi connectivity index (χ1) is 7.10. The lowest BCUT2D eigenvalue weighted by molar-refractivity contribution is -0.142. The van der Waals surface area contributed by atoms with Gasteiger partial charge in [0, 0.05) is 5.56 Å². The normalized spacial score (nSPS) is 23.1. The number of hydrogen-bond acceptors (Lipinski definition) is 4. The van der Waals surface area contributed by atoms with E-state index in [1.165, 1.54) is 12.1 Å². The van der Waals surface area contributed by atoms with Crippen molar-refractivity contribution in [1.29, 1.82) is 0 Å². The molecule has 2 rings (SSSR count). The third-order valence-electron chi connectivity index (χ3n) is 2.48. The van der Waals surface area contributed by atoms with Crippen LogP contribution in [0.1, 0.15) is 11.1 Å². The van der Waals surface area contributed by atoms with E-state index < -0.39 is 17.1 Å². The number of fused-ring (bicyclic) bond motifs is 1. The first-order valence-electron chi connectivity index (χ1n) is 4.33. The van der Waals surface area contributed by atoms with E-state index >= 15 is 0 Å². The Morgan fingerprint density at radius 3 is 2.67 bits per heavy atom. The van der Waals surface area contributed by atoms with Crippen LogP contribution in [-0.2, 0) is 15.2 Å². The van der Waals surface area contributed by atoms with Gasteiger partial charge in [-0.05, 0) is 11.6 Å². The van der Waals surface area contributed by atoms with Gasteiger partial charge < -0.3 is 10.2 Å². The van der Waals surface area contributed by atoms with Gasteiger partial charge in [0.05, 0.1) is 0 Å². The Labute approximate surface area is 85.5 Å². The summed E-state index contributed by atoms with van der Waals surface area (Å²) in [4.78, 5) is 21.7. The minimum absolute atomic E-state index is 0.00611. The Morgan fingerprint density at radius 1 is 1.33 bits per heavy atom. The molecule has 4 heteroatoms. The van der Waals surface area contributed by atoms with Crippen molar-refractivity contribution in [3.8, 4) is 0 Å². The van der Waals surface area contributed by atoms with Crippen LogP contribution >= 0.6 is 0 Å². The number of carbonyl (C=O) groups is 2. The molecule has 4 nitrogen and oxygen atoms in total. The summed E-state index contributed by atoms with van der Waals surface area (Å²) in [6.45, 7) is 0. The van der Waals surface area contributed by atoms with Crippen molar-refractivity contribution in [3.63, 3.8) is 0 Å². The van der Waals surface area contributed by atoms with Crippen LogP contribution in [0.3, 0.4) is 0 Å². The fourth-order valence-electron chi connectivity index (χ4n) is 1.69. The molecule has 1 aromatic rings. The fourth-order valence-corrected chi connectivity index (χ4v) is 1.69. The van der Waals surface area contributed by atoms with Crippen molar-refractivity contribution in [1.82, 2.24) is 0 Å². The average Bonchev–Trinajstić information content (AvgIpc) is 2.52. The van der Waals surface area contributed by atoms with Gasteiger partial charge in [0.1, 0.15) is 5.76 Å². The zero-order valence-corrected chi connectivity index (χ0v) is 7.68. The van der Waals surface area contributed by atoms with E-state index in [-0.39, 0.29) is 11.8 Å². The molecule has 1 atom stereocenters. The maximum absolute atomic E-state index is 11.3. The van der Waals surface area contributed by atoms with Gasteiger partial charge in [-0.3, -0.25) is 9.59 Å².